The molecule has 0 saturated carbocycles. The molecule has 2 aliphatic heterocycles. The van der Waals surface area contributed by atoms with Gasteiger partial charge in [-0.25, -0.2) is 8.42 Å². The molecule has 5 nitrogen and oxygen atoms in total. The van der Waals surface area contributed by atoms with Crippen molar-refractivity contribution in [3.8, 4) is 11.1 Å². The maximum Gasteiger partial charge on any atom is 0.257 e. The number of rotatable bonds is 2. The van der Waals surface area contributed by atoms with E-state index in [2.05, 4.69) is 9.38 Å². The number of aromatic nitrogens is 1. The molecule has 0 atom stereocenters. The first kappa shape index (κ1) is 14.5. The second kappa shape index (κ2) is 5.50. The zero-order valence-electron chi connectivity index (χ0n) is 12.1. The van der Waals surface area contributed by atoms with E-state index in [0.29, 0.717) is 11.7 Å². The van der Waals surface area contributed by atoms with E-state index in [-0.39, 0.29) is 5.75 Å². The molecule has 0 spiro atoms. The van der Waals surface area contributed by atoms with E-state index >= 15 is 0 Å². The molecule has 23 heavy (non-hydrogen) atoms. The van der Waals surface area contributed by atoms with E-state index in [0.717, 1.165) is 22.5 Å². The Bertz CT molecular complexity index is 904. The summed E-state index contributed by atoms with van der Waals surface area (Å²) < 4.78 is 27.0. The Morgan fingerprint density at radius 3 is 2.61 bits per heavy atom. The molecule has 0 aliphatic carbocycles. The van der Waals surface area contributed by atoms with Crippen LogP contribution in [0.25, 0.3) is 16.8 Å². The van der Waals surface area contributed by atoms with Crippen molar-refractivity contribution in [1.82, 2.24) is 9.88 Å². The van der Waals surface area contributed by atoms with Crippen LogP contribution in [0.1, 0.15) is 5.69 Å². The molecule has 0 N–H and O–H groups in total. The molecular formula is C16H13N3O2S2. The number of hydrogen-bond acceptors (Lipinski definition) is 5. The molecule has 0 saturated heterocycles. The molecule has 7 heteroatoms. The van der Waals surface area contributed by atoms with Gasteiger partial charge in [0, 0.05) is 23.7 Å². The van der Waals surface area contributed by atoms with E-state index in [1.807, 2.05) is 59.0 Å². The third-order valence-electron chi connectivity index (χ3n) is 3.72. The van der Waals surface area contributed by atoms with Crippen LogP contribution in [-0.2, 0) is 10.0 Å². The average Bonchev–Trinajstić information content (AvgIpc) is 2.97. The summed E-state index contributed by atoms with van der Waals surface area (Å²) in [4.78, 5) is 6.45. The van der Waals surface area contributed by atoms with E-state index in [9.17, 15) is 8.42 Å². The summed E-state index contributed by atoms with van der Waals surface area (Å²) in [5.74, 6) is 0.0382. The predicted octanol–water partition coefficient (Wildman–Crippen LogP) is 2.80. The maximum absolute atomic E-state index is 11.6. The topological polar surface area (TPSA) is 62.6 Å². The highest BCUT2D eigenvalue weighted by Crippen LogP contribution is 2.35. The molecule has 0 bridgehead atoms. The zero-order valence-corrected chi connectivity index (χ0v) is 13.7. The van der Waals surface area contributed by atoms with Gasteiger partial charge in [0.25, 0.3) is 10.0 Å². The number of thioether (sulfide) groups is 1. The fraction of sp³-hybridized carbons (Fsp3) is 0.125. The lowest BCUT2D eigenvalue weighted by atomic mass is 10.1. The van der Waals surface area contributed by atoms with Gasteiger partial charge in [0.05, 0.1) is 17.1 Å². The Balaban J connectivity index is 1.63. The number of sulfonamides is 1. The molecule has 4 rings (SSSR count). The van der Waals surface area contributed by atoms with Crippen LogP contribution in [0.4, 0.5) is 0 Å². The number of pyridine rings is 1. The van der Waals surface area contributed by atoms with E-state index in [1.54, 1.807) is 0 Å². The molecule has 0 radical (unpaired) electrons. The van der Waals surface area contributed by atoms with Crippen LogP contribution in [0.2, 0.25) is 0 Å². The largest absolute Gasteiger partial charge is 0.317 e. The monoisotopic (exact) mass is 343 g/mol. The third-order valence-corrected chi connectivity index (χ3v) is 5.85. The van der Waals surface area contributed by atoms with Crippen LogP contribution in [-0.4, -0.2) is 35.8 Å². The Morgan fingerprint density at radius 1 is 1.04 bits per heavy atom. The van der Waals surface area contributed by atoms with Crippen molar-refractivity contribution in [1.29, 1.82) is 0 Å². The van der Waals surface area contributed by atoms with Gasteiger partial charge in [-0.05, 0) is 11.6 Å². The normalized spacial score (nSPS) is 19.0. The summed E-state index contributed by atoms with van der Waals surface area (Å²) in [5.41, 5.74) is 3.90. The van der Waals surface area contributed by atoms with Gasteiger partial charge in [-0.1, -0.05) is 48.2 Å². The summed E-state index contributed by atoms with van der Waals surface area (Å²) in [6.45, 7) is 0.419. The maximum atomic E-state index is 11.6. The van der Waals surface area contributed by atoms with E-state index in [4.69, 9.17) is 0 Å². The predicted molar refractivity (Wildman–Crippen MR) is 93.2 cm³/mol. The second-order valence-electron chi connectivity index (χ2n) is 5.23. The minimum Gasteiger partial charge on any atom is -0.317 e. The first-order chi connectivity index (χ1) is 11.1. The number of hydrogen-bond donors (Lipinski definition) is 0. The molecule has 1 aromatic heterocycles. The van der Waals surface area contributed by atoms with Gasteiger partial charge in [0.1, 0.15) is 0 Å². The van der Waals surface area contributed by atoms with Gasteiger partial charge in [-0.15, -0.1) is 4.40 Å². The molecule has 0 amide bonds. The van der Waals surface area contributed by atoms with Crippen LogP contribution >= 0.6 is 11.8 Å². The summed E-state index contributed by atoms with van der Waals surface area (Å²) in [7, 11) is -3.31. The summed E-state index contributed by atoms with van der Waals surface area (Å²) in [6.07, 6.45) is 1.84. The molecule has 3 heterocycles. The van der Waals surface area contributed by atoms with Crippen molar-refractivity contribution < 1.29 is 8.42 Å². The number of nitrogens with zero attached hydrogens (tertiary/aromatic N) is 3. The van der Waals surface area contributed by atoms with Crippen molar-refractivity contribution in [2.45, 2.75) is 0 Å². The van der Waals surface area contributed by atoms with Gasteiger partial charge >= 0.3 is 0 Å². The Kier molecular flexibility index (Phi) is 3.46. The zero-order chi connectivity index (χ0) is 15.9. The average molecular weight is 343 g/mol. The summed E-state index contributed by atoms with van der Waals surface area (Å²) in [5, 5.41) is 2.42. The SMILES string of the molecule is O=S1(=O)CCN2C(c3ccc(-c4ccccc4)cn3)=CSC2=N1. The highest BCUT2D eigenvalue weighted by Gasteiger charge is 2.31. The fourth-order valence-electron chi connectivity index (χ4n) is 2.54. The van der Waals surface area contributed by atoms with Crippen molar-refractivity contribution in [3.63, 3.8) is 0 Å². The highest BCUT2D eigenvalue weighted by molar-refractivity contribution is 8.17. The fourth-order valence-corrected chi connectivity index (χ4v) is 4.68. The standard InChI is InChI=1S/C16H13N3O2S2/c20-23(21)9-8-19-15(11-22-16(19)18-23)14-7-6-13(10-17-14)12-4-2-1-3-5-12/h1-7,10-11H,8-9H2. The minimum absolute atomic E-state index is 0.0382. The number of benzene rings is 1. The smallest absolute Gasteiger partial charge is 0.257 e. The molecule has 116 valence electrons. The first-order valence-corrected chi connectivity index (χ1v) is 9.60. The van der Waals surface area contributed by atoms with Gasteiger partial charge in [-0.2, -0.15) is 0 Å². The second-order valence-corrected chi connectivity index (χ2v) is 7.82. The lowest BCUT2D eigenvalue weighted by Crippen LogP contribution is -2.34. The van der Waals surface area contributed by atoms with Gasteiger partial charge < -0.3 is 4.90 Å². The lowest BCUT2D eigenvalue weighted by Gasteiger charge is -2.24. The van der Waals surface area contributed by atoms with Crippen molar-refractivity contribution in [2.75, 3.05) is 12.3 Å². The van der Waals surface area contributed by atoms with Gasteiger partial charge in [0.15, 0.2) is 5.17 Å². The van der Waals surface area contributed by atoms with Gasteiger partial charge in [-0.3, -0.25) is 4.98 Å². The van der Waals surface area contributed by atoms with Crippen molar-refractivity contribution in [3.05, 3.63) is 59.8 Å². The first-order valence-electron chi connectivity index (χ1n) is 7.11. The Morgan fingerprint density at radius 2 is 1.87 bits per heavy atom. The molecular weight excluding hydrogens is 330 g/mol. The number of fused-ring (bicyclic) bond motifs is 1. The molecule has 0 fully saturated rings. The van der Waals surface area contributed by atoms with Gasteiger partial charge in [0.2, 0.25) is 0 Å². The van der Waals surface area contributed by atoms with Crippen molar-refractivity contribution in [2.24, 2.45) is 4.40 Å². The van der Waals surface area contributed by atoms with Crippen LogP contribution in [0, 0.1) is 0 Å². The minimum atomic E-state index is -3.31. The van der Waals surface area contributed by atoms with Crippen LogP contribution in [0.3, 0.4) is 0 Å². The van der Waals surface area contributed by atoms with Crippen LogP contribution < -0.4 is 0 Å². The van der Waals surface area contributed by atoms with E-state index in [1.165, 1.54) is 11.8 Å². The highest BCUT2D eigenvalue weighted by atomic mass is 32.2. The quantitative estimate of drug-likeness (QED) is 0.839. The molecule has 2 aliphatic rings. The van der Waals surface area contributed by atoms with Crippen molar-refractivity contribution >= 4 is 32.6 Å². The molecule has 2 aromatic rings. The molecule has 0 unspecified atom stereocenters. The third kappa shape index (κ3) is 2.77. The summed E-state index contributed by atoms with van der Waals surface area (Å²) >= 11 is 1.33. The van der Waals surface area contributed by atoms with Crippen LogP contribution in [0.15, 0.2) is 58.5 Å². The molecule has 1 aromatic carbocycles. The van der Waals surface area contributed by atoms with Crippen LogP contribution in [0.5, 0.6) is 0 Å². The van der Waals surface area contributed by atoms with E-state index < -0.39 is 10.0 Å². The lowest BCUT2D eigenvalue weighted by molar-refractivity contribution is 0.566. The number of amidine groups is 1. The Hall–Kier alpha value is -2.12. The Labute approximate surface area is 138 Å². The summed E-state index contributed by atoms with van der Waals surface area (Å²) in [6, 6.07) is 14.0.